The average molecular weight is 262 g/mol. The summed E-state index contributed by atoms with van der Waals surface area (Å²) in [5.74, 6) is 5.31. The first-order chi connectivity index (χ1) is 7.45. The zero-order valence-electron chi connectivity index (χ0n) is 9.64. The Morgan fingerprint density at radius 2 is 2.18 bits per heavy atom. The zero-order chi connectivity index (χ0) is 12.3. The third kappa shape index (κ3) is 3.85. The number of nitrogens with one attached hydrogen (secondary N) is 1. The predicted molar refractivity (Wildman–Crippen MR) is 68.3 cm³/mol. The molecule has 1 aromatic carbocycles. The van der Waals surface area contributed by atoms with Gasteiger partial charge in [0.1, 0.15) is 0 Å². The molecule has 0 saturated heterocycles. The van der Waals surface area contributed by atoms with Gasteiger partial charge in [0, 0.05) is 12.5 Å². The van der Waals surface area contributed by atoms with Gasteiger partial charge in [0.2, 0.25) is 0 Å². The smallest absolute Gasteiger partial charge is 0.275 e. The number of nitro benzene ring substituents is 1. The van der Waals surface area contributed by atoms with Gasteiger partial charge < -0.3 is 10.5 Å². The van der Waals surface area contributed by atoms with Crippen LogP contribution in [0.3, 0.4) is 0 Å². The van der Waals surface area contributed by atoms with E-state index in [-0.39, 0.29) is 24.5 Å². The van der Waals surface area contributed by atoms with Crippen molar-refractivity contribution < 1.29 is 10.0 Å². The first-order valence-corrected chi connectivity index (χ1v) is 4.88. The summed E-state index contributed by atoms with van der Waals surface area (Å²) in [5.41, 5.74) is 4.05. The van der Waals surface area contributed by atoms with Crippen molar-refractivity contribution >= 4 is 23.8 Å². The van der Waals surface area contributed by atoms with E-state index in [1.165, 1.54) is 6.07 Å². The monoisotopic (exact) mass is 261 g/mol. The van der Waals surface area contributed by atoms with Crippen LogP contribution in [0.2, 0.25) is 0 Å². The first kappa shape index (κ1) is 15.6. The molecule has 0 radical (unpaired) electrons. The lowest BCUT2D eigenvalue weighted by Crippen LogP contribution is -2.14. The van der Waals surface area contributed by atoms with E-state index < -0.39 is 11.0 Å². The summed E-state index contributed by atoms with van der Waals surface area (Å²) in [6.07, 6.45) is -0.468. The lowest BCUT2D eigenvalue weighted by Gasteiger charge is -2.12. The van der Waals surface area contributed by atoms with Crippen LogP contribution < -0.4 is 11.3 Å². The number of nitro groups is 1. The van der Waals surface area contributed by atoms with Crippen LogP contribution in [0, 0.1) is 17.0 Å². The van der Waals surface area contributed by atoms with Crippen molar-refractivity contribution in [3.05, 3.63) is 33.4 Å². The number of aliphatic hydroxyl groups is 1. The van der Waals surface area contributed by atoms with Crippen LogP contribution in [-0.2, 0) is 6.42 Å². The van der Waals surface area contributed by atoms with Gasteiger partial charge in [-0.05, 0) is 25.5 Å². The maximum atomic E-state index is 10.9. The minimum Gasteiger partial charge on any atom is -0.393 e. The van der Waals surface area contributed by atoms with Crippen molar-refractivity contribution in [3.8, 4) is 0 Å². The number of aliphatic hydroxyl groups excluding tert-OH is 1. The number of halogens is 1. The fraction of sp³-hybridized carbons (Fsp3) is 0.400. The summed E-state index contributed by atoms with van der Waals surface area (Å²) in [4.78, 5) is 10.4. The number of nitrogen functional groups attached to an aromatic ring is 1. The highest BCUT2D eigenvalue weighted by Gasteiger charge is 2.19. The third-order valence-electron chi connectivity index (χ3n) is 2.22. The van der Waals surface area contributed by atoms with Crippen molar-refractivity contribution in [3.63, 3.8) is 0 Å². The number of nitrogens with zero attached hydrogens (tertiary/aromatic N) is 1. The molecule has 0 spiro atoms. The van der Waals surface area contributed by atoms with E-state index in [1.807, 2.05) is 0 Å². The summed E-state index contributed by atoms with van der Waals surface area (Å²) in [5, 5.41) is 20.2. The summed E-state index contributed by atoms with van der Waals surface area (Å²) in [7, 11) is 0. The number of rotatable bonds is 4. The van der Waals surface area contributed by atoms with Crippen LogP contribution in [0.25, 0.3) is 0 Å². The summed E-state index contributed by atoms with van der Waals surface area (Å²) < 4.78 is 0. The Hall–Kier alpha value is -1.37. The normalized spacial score (nSPS) is 11.5. The zero-order valence-corrected chi connectivity index (χ0v) is 10.5. The molecule has 17 heavy (non-hydrogen) atoms. The molecule has 0 aliphatic carbocycles. The minimum absolute atomic E-state index is 0. The van der Waals surface area contributed by atoms with E-state index >= 15 is 0 Å². The second-order valence-corrected chi connectivity index (χ2v) is 3.76. The van der Waals surface area contributed by atoms with E-state index in [4.69, 9.17) is 5.84 Å². The maximum Gasteiger partial charge on any atom is 0.275 e. The molecule has 1 atom stereocenters. The van der Waals surface area contributed by atoms with Gasteiger partial charge in [-0.15, -0.1) is 12.4 Å². The van der Waals surface area contributed by atoms with Gasteiger partial charge in [-0.2, -0.15) is 0 Å². The molecule has 0 bridgehead atoms. The maximum absolute atomic E-state index is 10.9. The van der Waals surface area contributed by atoms with Crippen molar-refractivity contribution in [2.45, 2.75) is 26.4 Å². The molecule has 0 aliphatic rings. The average Bonchev–Trinajstić information content (AvgIpc) is 2.19. The molecule has 7 heteroatoms. The van der Waals surface area contributed by atoms with Gasteiger partial charge in [-0.1, -0.05) is 0 Å². The molecule has 4 N–H and O–H groups in total. The lowest BCUT2D eigenvalue weighted by molar-refractivity contribution is -0.385. The Kier molecular flexibility index (Phi) is 5.87. The van der Waals surface area contributed by atoms with Gasteiger partial charge in [-0.25, -0.2) is 0 Å². The predicted octanol–water partition coefficient (Wildman–Crippen LogP) is 1.53. The van der Waals surface area contributed by atoms with Crippen LogP contribution in [0.5, 0.6) is 0 Å². The second-order valence-electron chi connectivity index (χ2n) is 3.76. The number of aryl methyl sites for hydroxylation is 1. The number of benzene rings is 1. The Morgan fingerprint density at radius 3 is 2.59 bits per heavy atom. The molecule has 0 amide bonds. The van der Waals surface area contributed by atoms with Crippen molar-refractivity contribution in [1.29, 1.82) is 0 Å². The second kappa shape index (κ2) is 6.39. The van der Waals surface area contributed by atoms with Crippen LogP contribution in [0.1, 0.15) is 18.1 Å². The number of hydrogen-bond donors (Lipinski definition) is 3. The van der Waals surface area contributed by atoms with Crippen molar-refractivity contribution in [1.82, 2.24) is 0 Å². The molecule has 0 aliphatic heterocycles. The fourth-order valence-corrected chi connectivity index (χ4v) is 1.60. The molecular formula is C10H16ClN3O3. The van der Waals surface area contributed by atoms with Gasteiger partial charge >= 0.3 is 0 Å². The SMILES string of the molecule is Cc1cc(NN)c(CC(C)O)c([N+](=O)[O-])c1.Cl. The largest absolute Gasteiger partial charge is 0.393 e. The molecular weight excluding hydrogens is 246 g/mol. The lowest BCUT2D eigenvalue weighted by atomic mass is 10.0. The highest BCUT2D eigenvalue weighted by Crippen LogP contribution is 2.29. The first-order valence-electron chi connectivity index (χ1n) is 4.88. The Morgan fingerprint density at radius 1 is 1.59 bits per heavy atom. The molecule has 1 unspecified atom stereocenters. The van der Waals surface area contributed by atoms with E-state index in [9.17, 15) is 15.2 Å². The fourth-order valence-electron chi connectivity index (χ4n) is 1.60. The standard InChI is InChI=1S/C10H15N3O3.ClH/c1-6-3-9(12-11)8(5-7(2)14)10(4-6)13(15)16;/h3-4,7,12,14H,5,11H2,1-2H3;1H. The third-order valence-corrected chi connectivity index (χ3v) is 2.22. The molecule has 1 aromatic rings. The number of hydrogen-bond acceptors (Lipinski definition) is 5. The van der Waals surface area contributed by atoms with Gasteiger partial charge in [0.15, 0.2) is 0 Å². The van der Waals surface area contributed by atoms with Gasteiger partial charge in [-0.3, -0.25) is 16.0 Å². The summed E-state index contributed by atoms with van der Waals surface area (Å²) in [6, 6.07) is 3.18. The van der Waals surface area contributed by atoms with Crippen LogP contribution >= 0.6 is 12.4 Å². The summed E-state index contributed by atoms with van der Waals surface area (Å²) in [6.45, 7) is 3.32. The highest BCUT2D eigenvalue weighted by atomic mass is 35.5. The molecule has 6 nitrogen and oxygen atoms in total. The van der Waals surface area contributed by atoms with E-state index in [0.29, 0.717) is 11.3 Å². The molecule has 96 valence electrons. The number of nitrogens with two attached hydrogens (primary N) is 1. The van der Waals surface area contributed by atoms with E-state index in [0.717, 1.165) is 5.56 Å². The topological polar surface area (TPSA) is 101 Å². The molecule has 1 rings (SSSR count). The summed E-state index contributed by atoms with van der Waals surface area (Å²) >= 11 is 0. The van der Waals surface area contributed by atoms with Gasteiger partial charge in [0.05, 0.1) is 22.3 Å². The van der Waals surface area contributed by atoms with E-state index in [2.05, 4.69) is 5.43 Å². The Balaban J connectivity index is 0.00000256. The number of anilines is 1. The minimum atomic E-state index is -0.659. The molecule has 0 aromatic heterocycles. The van der Waals surface area contributed by atoms with Crippen LogP contribution in [0.4, 0.5) is 11.4 Å². The van der Waals surface area contributed by atoms with E-state index in [1.54, 1.807) is 19.9 Å². The molecule has 0 heterocycles. The molecule has 0 fully saturated rings. The number of hydrazine groups is 1. The van der Waals surface area contributed by atoms with Crippen LogP contribution in [-0.4, -0.2) is 16.1 Å². The molecule has 0 saturated carbocycles. The Labute approximate surface area is 105 Å². The van der Waals surface area contributed by atoms with Crippen LogP contribution in [0.15, 0.2) is 12.1 Å². The van der Waals surface area contributed by atoms with Gasteiger partial charge in [0.25, 0.3) is 5.69 Å². The Bertz CT molecular complexity index is 410. The highest BCUT2D eigenvalue weighted by molar-refractivity contribution is 5.85. The quantitative estimate of drug-likeness (QED) is 0.433. The van der Waals surface area contributed by atoms with Crippen molar-refractivity contribution in [2.75, 3.05) is 5.43 Å². The van der Waals surface area contributed by atoms with Crippen molar-refractivity contribution in [2.24, 2.45) is 5.84 Å².